The second-order valence-corrected chi connectivity index (χ2v) is 5.49. The average Bonchev–Trinajstić information content (AvgIpc) is 2.62. The van der Waals surface area contributed by atoms with Crippen LogP contribution in [0.15, 0.2) is 16.4 Å². The van der Waals surface area contributed by atoms with Crippen molar-refractivity contribution in [3.8, 4) is 0 Å². The number of carbonyl (C=O) groups is 1. The van der Waals surface area contributed by atoms with Crippen LogP contribution in [0.4, 0.5) is 0 Å². The molecule has 1 aliphatic rings. The molecule has 1 saturated heterocycles. The van der Waals surface area contributed by atoms with Crippen molar-refractivity contribution in [1.29, 1.82) is 0 Å². The zero-order chi connectivity index (χ0) is 10.1. The van der Waals surface area contributed by atoms with Crippen molar-refractivity contribution in [3.63, 3.8) is 0 Å². The molecule has 1 N–H and O–H groups in total. The largest absolute Gasteiger partial charge is 0.307 e. The van der Waals surface area contributed by atoms with Crippen molar-refractivity contribution < 1.29 is 4.79 Å². The molecule has 0 unspecified atom stereocenters. The molecule has 0 radical (unpaired) electrons. The number of aryl methyl sites for hydroxylation is 1. The van der Waals surface area contributed by atoms with Gasteiger partial charge < -0.3 is 5.32 Å². The lowest BCUT2D eigenvalue weighted by Crippen LogP contribution is -2.17. The summed E-state index contributed by atoms with van der Waals surface area (Å²) in [7, 11) is 0. The van der Waals surface area contributed by atoms with Gasteiger partial charge >= 0.3 is 0 Å². The molecule has 1 aromatic rings. The van der Waals surface area contributed by atoms with E-state index in [4.69, 9.17) is 12.2 Å². The zero-order valence-corrected chi connectivity index (χ0v) is 9.81. The van der Waals surface area contributed by atoms with Gasteiger partial charge in [0.15, 0.2) is 0 Å². The molecule has 0 atom stereocenters. The fourth-order valence-electron chi connectivity index (χ4n) is 1.07. The number of thiocarbonyl (C=S) groups is 1. The minimum absolute atomic E-state index is 0.0900. The van der Waals surface area contributed by atoms with Crippen LogP contribution in [0.3, 0.4) is 0 Å². The van der Waals surface area contributed by atoms with Gasteiger partial charge in [0.05, 0.1) is 4.91 Å². The van der Waals surface area contributed by atoms with Crippen LogP contribution in [-0.4, -0.2) is 10.2 Å². The van der Waals surface area contributed by atoms with Crippen LogP contribution in [0.2, 0.25) is 0 Å². The fourth-order valence-corrected chi connectivity index (χ4v) is 3.03. The van der Waals surface area contributed by atoms with Crippen LogP contribution in [0.5, 0.6) is 0 Å². The Kier molecular flexibility index (Phi) is 2.71. The maximum absolute atomic E-state index is 11.3. The van der Waals surface area contributed by atoms with E-state index in [1.165, 1.54) is 17.3 Å². The maximum Gasteiger partial charge on any atom is 0.263 e. The SMILES string of the molecule is Cc1ccsc1/C=C1/SC(=S)NC1=O. The summed E-state index contributed by atoms with van der Waals surface area (Å²) in [5, 5.41) is 4.60. The highest BCUT2D eigenvalue weighted by molar-refractivity contribution is 8.26. The topological polar surface area (TPSA) is 29.1 Å². The van der Waals surface area contributed by atoms with E-state index < -0.39 is 0 Å². The summed E-state index contributed by atoms with van der Waals surface area (Å²) in [5.41, 5.74) is 1.19. The highest BCUT2D eigenvalue weighted by Gasteiger charge is 2.22. The van der Waals surface area contributed by atoms with Crippen molar-refractivity contribution in [2.24, 2.45) is 0 Å². The molecule has 0 aliphatic carbocycles. The standard InChI is InChI=1S/C9H7NOS3/c1-5-2-3-13-6(5)4-7-8(11)10-9(12)14-7/h2-4H,1H3,(H,10,11,12)/b7-4+. The highest BCUT2D eigenvalue weighted by Crippen LogP contribution is 2.28. The van der Waals surface area contributed by atoms with E-state index in [9.17, 15) is 4.79 Å². The lowest BCUT2D eigenvalue weighted by molar-refractivity contribution is -0.115. The first kappa shape index (κ1) is 9.89. The third kappa shape index (κ3) is 1.89. The summed E-state index contributed by atoms with van der Waals surface area (Å²) in [4.78, 5) is 13.1. The van der Waals surface area contributed by atoms with E-state index in [0.717, 1.165) is 4.88 Å². The van der Waals surface area contributed by atoms with Crippen LogP contribution in [0.1, 0.15) is 10.4 Å². The Morgan fingerprint density at radius 3 is 2.86 bits per heavy atom. The molecule has 1 aromatic heterocycles. The van der Waals surface area contributed by atoms with Gasteiger partial charge in [-0.25, -0.2) is 0 Å². The van der Waals surface area contributed by atoms with E-state index in [1.807, 2.05) is 24.4 Å². The number of hydrogen-bond acceptors (Lipinski definition) is 4. The average molecular weight is 241 g/mol. The molecule has 5 heteroatoms. The quantitative estimate of drug-likeness (QED) is 0.605. The van der Waals surface area contributed by atoms with Gasteiger partial charge in [-0.1, -0.05) is 24.0 Å². The summed E-state index contributed by atoms with van der Waals surface area (Å²) in [6.07, 6.45) is 1.89. The first-order chi connectivity index (χ1) is 6.66. The van der Waals surface area contributed by atoms with E-state index in [2.05, 4.69) is 5.32 Å². The van der Waals surface area contributed by atoms with Crippen molar-refractivity contribution in [1.82, 2.24) is 5.32 Å². The summed E-state index contributed by atoms with van der Waals surface area (Å²) in [6, 6.07) is 2.03. The van der Waals surface area contributed by atoms with Gasteiger partial charge in [0, 0.05) is 4.88 Å². The smallest absolute Gasteiger partial charge is 0.263 e. The number of carbonyl (C=O) groups excluding carboxylic acids is 1. The molecule has 0 spiro atoms. The lowest BCUT2D eigenvalue weighted by atomic mass is 10.3. The minimum atomic E-state index is -0.0900. The number of hydrogen-bond donors (Lipinski definition) is 1. The number of amides is 1. The summed E-state index contributed by atoms with van der Waals surface area (Å²) in [5.74, 6) is -0.0900. The zero-order valence-electron chi connectivity index (χ0n) is 7.37. The van der Waals surface area contributed by atoms with E-state index >= 15 is 0 Å². The molecule has 1 fully saturated rings. The highest BCUT2D eigenvalue weighted by atomic mass is 32.2. The van der Waals surface area contributed by atoms with Crippen molar-refractivity contribution in [3.05, 3.63) is 26.8 Å². The van der Waals surface area contributed by atoms with Crippen molar-refractivity contribution in [2.45, 2.75) is 6.92 Å². The predicted octanol–water partition coefficient (Wildman–Crippen LogP) is 2.55. The first-order valence-corrected chi connectivity index (χ1v) is 6.06. The molecule has 72 valence electrons. The molecule has 2 nitrogen and oxygen atoms in total. The number of rotatable bonds is 1. The van der Waals surface area contributed by atoms with E-state index in [0.29, 0.717) is 9.23 Å². The molecule has 0 aromatic carbocycles. The maximum atomic E-state index is 11.3. The van der Waals surface area contributed by atoms with Gasteiger partial charge in [-0.2, -0.15) is 0 Å². The van der Waals surface area contributed by atoms with Gasteiger partial charge in [-0.05, 0) is 30.0 Å². The van der Waals surface area contributed by atoms with Crippen LogP contribution >= 0.6 is 35.3 Å². The van der Waals surface area contributed by atoms with Crippen LogP contribution in [0, 0.1) is 6.92 Å². The monoisotopic (exact) mass is 241 g/mol. The van der Waals surface area contributed by atoms with Crippen LogP contribution < -0.4 is 5.32 Å². The normalized spacial score (nSPS) is 19.1. The molecule has 14 heavy (non-hydrogen) atoms. The Morgan fingerprint density at radius 1 is 1.57 bits per heavy atom. The third-order valence-electron chi connectivity index (χ3n) is 1.81. The second-order valence-electron chi connectivity index (χ2n) is 2.82. The molecule has 0 bridgehead atoms. The van der Waals surface area contributed by atoms with Crippen molar-refractivity contribution >= 4 is 51.6 Å². The predicted molar refractivity (Wildman–Crippen MR) is 65.4 cm³/mol. The molecule has 2 rings (SSSR count). The van der Waals surface area contributed by atoms with Gasteiger partial charge in [0.25, 0.3) is 5.91 Å². The molecule has 0 saturated carbocycles. The molecular formula is C9H7NOS3. The molecule has 1 aliphatic heterocycles. The molecule has 1 amide bonds. The Balaban J connectivity index is 2.32. The Labute approximate surface area is 95.4 Å². The fraction of sp³-hybridized carbons (Fsp3) is 0.111. The van der Waals surface area contributed by atoms with Gasteiger partial charge in [0.1, 0.15) is 4.32 Å². The summed E-state index contributed by atoms with van der Waals surface area (Å²) >= 11 is 7.84. The number of thiophene rings is 1. The van der Waals surface area contributed by atoms with Gasteiger partial charge in [-0.15, -0.1) is 11.3 Å². The third-order valence-corrected chi connectivity index (χ3v) is 3.93. The van der Waals surface area contributed by atoms with Crippen LogP contribution in [0.25, 0.3) is 6.08 Å². The Bertz CT molecular complexity index is 433. The van der Waals surface area contributed by atoms with Crippen LogP contribution in [-0.2, 0) is 4.79 Å². The lowest BCUT2D eigenvalue weighted by Gasteiger charge is -1.91. The number of nitrogens with one attached hydrogen (secondary N) is 1. The van der Waals surface area contributed by atoms with Gasteiger partial charge in [0.2, 0.25) is 0 Å². The Morgan fingerprint density at radius 2 is 2.36 bits per heavy atom. The Hall–Kier alpha value is -0.650. The summed E-state index contributed by atoms with van der Waals surface area (Å²) < 4.78 is 0.537. The van der Waals surface area contributed by atoms with E-state index in [-0.39, 0.29) is 5.91 Å². The van der Waals surface area contributed by atoms with E-state index in [1.54, 1.807) is 11.3 Å². The summed E-state index contributed by atoms with van der Waals surface area (Å²) in [6.45, 7) is 2.03. The minimum Gasteiger partial charge on any atom is -0.307 e. The van der Waals surface area contributed by atoms with Crippen molar-refractivity contribution in [2.75, 3.05) is 0 Å². The molecule has 2 heterocycles. The second kappa shape index (κ2) is 3.84. The molecular weight excluding hydrogens is 234 g/mol. The first-order valence-electron chi connectivity index (χ1n) is 3.96. The number of thioether (sulfide) groups is 1. The van der Waals surface area contributed by atoms with Gasteiger partial charge in [-0.3, -0.25) is 4.79 Å².